The molecule has 1 amide bonds. The van der Waals surface area contributed by atoms with Gasteiger partial charge >= 0.3 is 12.3 Å². The molecule has 0 unspecified atom stereocenters. The summed E-state index contributed by atoms with van der Waals surface area (Å²) in [5.74, 6) is -3.25. The van der Waals surface area contributed by atoms with Crippen molar-refractivity contribution in [3.05, 3.63) is 0 Å². The van der Waals surface area contributed by atoms with Crippen LogP contribution in [0.3, 0.4) is 0 Å². The van der Waals surface area contributed by atoms with Crippen molar-refractivity contribution in [3.8, 4) is 0 Å². The molecule has 1 heterocycles. The standard InChI is InChI=1S/C8H11F5N2O2/c1-15-2-5(7(9,10)4-15)17-6(16)14-3-8(11,12)13/h5H,2-4H2,1H3,(H,14,16)/t5-/m0/s1. The summed E-state index contributed by atoms with van der Waals surface area (Å²) in [6.45, 7) is -2.42. The number of halogens is 5. The summed E-state index contributed by atoms with van der Waals surface area (Å²) in [4.78, 5) is 12.1. The molecule has 0 saturated carbocycles. The van der Waals surface area contributed by atoms with Crippen LogP contribution in [0.4, 0.5) is 26.7 Å². The van der Waals surface area contributed by atoms with Gasteiger partial charge in [0.25, 0.3) is 5.92 Å². The number of hydrogen-bond donors (Lipinski definition) is 1. The van der Waals surface area contributed by atoms with Crippen LogP contribution in [-0.2, 0) is 4.74 Å². The molecule has 1 aliphatic rings. The Labute approximate surface area is 93.7 Å². The van der Waals surface area contributed by atoms with E-state index in [-0.39, 0.29) is 6.54 Å². The number of alkyl carbamates (subject to hydrolysis) is 1. The van der Waals surface area contributed by atoms with Gasteiger partial charge in [-0.3, -0.25) is 4.90 Å². The minimum Gasteiger partial charge on any atom is -0.438 e. The van der Waals surface area contributed by atoms with Crippen molar-refractivity contribution in [2.24, 2.45) is 0 Å². The maximum Gasteiger partial charge on any atom is 0.407 e. The van der Waals surface area contributed by atoms with E-state index in [1.54, 1.807) is 0 Å². The molecule has 0 bridgehead atoms. The first-order chi connectivity index (χ1) is 7.60. The summed E-state index contributed by atoms with van der Waals surface area (Å²) in [5.41, 5.74) is 0. The predicted octanol–water partition coefficient (Wildman–Crippen LogP) is 1.22. The van der Waals surface area contributed by atoms with E-state index in [9.17, 15) is 26.7 Å². The SMILES string of the molecule is CN1C[C@H](OC(=O)NCC(F)(F)F)C(F)(F)C1. The van der Waals surface area contributed by atoms with Gasteiger partial charge in [0, 0.05) is 6.54 Å². The molecule has 1 fully saturated rings. The first-order valence-corrected chi connectivity index (χ1v) is 4.68. The van der Waals surface area contributed by atoms with E-state index in [0.717, 1.165) is 0 Å². The van der Waals surface area contributed by atoms with Crippen molar-refractivity contribution >= 4 is 6.09 Å². The first kappa shape index (κ1) is 13.9. The van der Waals surface area contributed by atoms with E-state index in [4.69, 9.17) is 0 Å². The lowest BCUT2D eigenvalue weighted by molar-refractivity contribution is -0.125. The molecule has 17 heavy (non-hydrogen) atoms. The zero-order chi connectivity index (χ0) is 13.3. The molecule has 0 aromatic carbocycles. The fraction of sp³-hybridized carbons (Fsp3) is 0.875. The number of rotatable bonds is 2. The highest BCUT2D eigenvalue weighted by molar-refractivity contribution is 5.67. The molecular weight excluding hydrogens is 251 g/mol. The van der Waals surface area contributed by atoms with E-state index >= 15 is 0 Å². The molecule has 9 heteroatoms. The summed E-state index contributed by atoms with van der Waals surface area (Å²) in [7, 11) is 1.39. The van der Waals surface area contributed by atoms with Crippen LogP contribution in [-0.4, -0.2) is 55.9 Å². The maximum atomic E-state index is 13.1. The average Bonchev–Trinajstić information content (AvgIpc) is 2.35. The van der Waals surface area contributed by atoms with Crippen molar-refractivity contribution in [1.29, 1.82) is 0 Å². The summed E-state index contributed by atoms with van der Waals surface area (Å²) in [6, 6.07) is 0. The van der Waals surface area contributed by atoms with Gasteiger partial charge in [0.2, 0.25) is 0 Å². The molecule has 4 nitrogen and oxygen atoms in total. The second-order valence-electron chi connectivity index (χ2n) is 3.82. The number of nitrogens with one attached hydrogen (secondary N) is 1. The number of alkyl halides is 5. The third-order valence-electron chi connectivity index (χ3n) is 2.11. The second-order valence-corrected chi connectivity index (χ2v) is 3.82. The molecule has 0 radical (unpaired) electrons. The van der Waals surface area contributed by atoms with Gasteiger partial charge in [-0.1, -0.05) is 0 Å². The van der Waals surface area contributed by atoms with Crippen molar-refractivity contribution in [1.82, 2.24) is 10.2 Å². The van der Waals surface area contributed by atoms with Gasteiger partial charge in [-0.2, -0.15) is 13.2 Å². The molecule has 0 aliphatic carbocycles. The van der Waals surface area contributed by atoms with Crippen LogP contribution in [0.15, 0.2) is 0 Å². The van der Waals surface area contributed by atoms with Crippen molar-refractivity contribution in [2.75, 3.05) is 26.7 Å². The Morgan fingerprint density at radius 3 is 2.53 bits per heavy atom. The number of likely N-dealkylation sites (tertiary alicyclic amines) is 1. The molecule has 1 saturated heterocycles. The third kappa shape index (κ3) is 4.33. The van der Waals surface area contributed by atoms with E-state index in [2.05, 4.69) is 4.74 Å². The van der Waals surface area contributed by atoms with Crippen LogP contribution in [0.5, 0.6) is 0 Å². The fourth-order valence-corrected chi connectivity index (χ4v) is 1.41. The van der Waals surface area contributed by atoms with Crippen molar-refractivity contribution in [3.63, 3.8) is 0 Å². The predicted molar refractivity (Wildman–Crippen MR) is 46.8 cm³/mol. The number of ether oxygens (including phenoxy) is 1. The highest BCUT2D eigenvalue weighted by Gasteiger charge is 2.49. The van der Waals surface area contributed by atoms with Crippen LogP contribution in [0.25, 0.3) is 0 Å². The van der Waals surface area contributed by atoms with Gasteiger partial charge in [-0.15, -0.1) is 0 Å². The smallest absolute Gasteiger partial charge is 0.407 e. The van der Waals surface area contributed by atoms with Gasteiger partial charge in [0.15, 0.2) is 6.10 Å². The molecule has 100 valence electrons. The van der Waals surface area contributed by atoms with Crippen LogP contribution < -0.4 is 5.32 Å². The largest absolute Gasteiger partial charge is 0.438 e. The van der Waals surface area contributed by atoms with E-state index in [1.165, 1.54) is 17.3 Å². The highest BCUT2D eigenvalue weighted by atomic mass is 19.4. The topological polar surface area (TPSA) is 41.6 Å². The molecule has 1 aliphatic heterocycles. The Morgan fingerprint density at radius 2 is 2.12 bits per heavy atom. The number of carbonyl (C=O) groups excluding carboxylic acids is 1. The number of amides is 1. The zero-order valence-electron chi connectivity index (χ0n) is 8.85. The number of carbonyl (C=O) groups is 1. The van der Waals surface area contributed by atoms with Crippen LogP contribution in [0.2, 0.25) is 0 Å². The Balaban J connectivity index is 2.41. The Morgan fingerprint density at radius 1 is 1.53 bits per heavy atom. The van der Waals surface area contributed by atoms with E-state index in [0.29, 0.717) is 0 Å². The summed E-state index contributed by atoms with van der Waals surface area (Å²) >= 11 is 0. The van der Waals surface area contributed by atoms with Crippen LogP contribution in [0.1, 0.15) is 0 Å². The number of hydrogen-bond acceptors (Lipinski definition) is 3. The van der Waals surface area contributed by atoms with Gasteiger partial charge in [0.1, 0.15) is 6.54 Å². The molecule has 0 spiro atoms. The lowest BCUT2D eigenvalue weighted by Crippen LogP contribution is -2.41. The molecule has 0 aromatic rings. The lowest BCUT2D eigenvalue weighted by atomic mass is 10.2. The Hall–Kier alpha value is -1.12. The first-order valence-electron chi connectivity index (χ1n) is 4.68. The minimum atomic E-state index is -4.60. The van der Waals surface area contributed by atoms with Crippen molar-refractivity contribution in [2.45, 2.75) is 18.2 Å². The van der Waals surface area contributed by atoms with Gasteiger partial charge < -0.3 is 10.1 Å². The third-order valence-corrected chi connectivity index (χ3v) is 2.11. The normalized spacial score (nSPS) is 24.7. The Bertz CT molecular complexity index is 294. The summed E-state index contributed by atoms with van der Waals surface area (Å²) in [5, 5.41) is 1.36. The summed E-state index contributed by atoms with van der Waals surface area (Å²) in [6.07, 6.45) is -7.82. The van der Waals surface area contributed by atoms with Crippen LogP contribution in [0, 0.1) is 0 Å². The zero-order valence-corrected chi connectivity index (χ0v) is 8.85. The van der Waals surface area contributed by atoms with Crippen LogP contribution >= 0.6 is 0 Å². The average molecular weight is 262 g/mol. The molecule has 1 atom stereocenters. The molecule has 0 aromatic heterocycles. The van der Waals surface area contributed by atoms with Gasteiger partial charge in [-0.05, 0) is 7.05 Å². The van der Waals surface area contributed by atoms with E-state index in [1.807, 2.05) is 0 Å². The van der Waals surface area contributed by atoms with E-state index < -0.39 is 37.4 Å². The number of likely N-dealkylation sites (N-methyl/N-ethyl adjacent to an activating group) is 1. The second kappa shape index (κ2) is 4.63. The highest BCUT2D eigenvalue weighted by Crippen LogP contribution is 2.29. The molecule has 1 rings (SSSR count). The maximum absolute atomic E-state index is 13.1. The Kier molecular flexibility index (Phi) is 3.80. The monoisotopic (exact) mass is 262 g/mol. The fourth-order valence-electron chi connectivity index (χ4n) is 1.41. The number of nitrogens with zero attached hydrogens (tertiary/aromatic N) is 1. The quantitative estimate of drug-likeness (QED) is 0.761. The summed E-state index contributed by atoms with van der Waals surface area (Å²) < 4.78 is 65.7. The molecule has 1 N–H and O–H groups in total. The van der Waals surface area contributed by atoms with Crippen molar-refractivity contribution < 1.29 is 31.5 Å². The van der Waals surface area contributed by atoms with Gasteiger partial charge in [0.05, 0.1) is 6.54 Å². The minimum absolute atomic E-state index is 0.216. The lowest BCUT2D eigenvalue weighted by Gasteiger charge is -2.18. The molecular formula is C8H11F5N2O2. The van der Waals surface area contributed by atoms with Gasteiger partial charge in [-0.25, -0.2) is 13.6 Å².